The number of hydrogen-bond acceptors (Lipinski definition) is 3. The lowest BCUT2D eigenvalue weighted by Crippen LogP contribution is -2.57. The molecule has 1 atom stereocenters. The van der Waals surface area contributed by atoms with Gasteiger partial charge in [0.2, 0.25) is 11.8 Å². The van der Waals surface area contributed by atoms with Crippen molar-refractivity contribution >= 4 is 23.6 Å². The summed E-state index contributed by atoms with van der Waals surface area (Å²) in [5.41, 5.74) is -4.30. The van der Waals surface area contributed by atoms with E-state index in [1.54, 1.807) is 0 Å². The third-order valence-electron chi connectivity index (χ3n) is 2.02. The molecule has 0 radical (unpaired) electrons. The van der Waals surface area contributed by atoms with Gasteiger partial charge in [0.1, 0.15) is 6.04 Å². The molecule has 1 N–H and O–H groups in total. The van der Waals surface area contributed by atoms with Crippen LogP contribution in [0.4, 0.5) is 13.2 Å². The molecule has 16 heavy (non-hydrogen) atoms. The molecule has 0 spiro atoms. The lowest BCUT2D eigenvalue weighted by molar-refractivity contribution is -0.143. The van der Waals surface area contributed by atoms with Gasteiger partial charge in [0.15, 0.2) is 0 Å². The van der Waals surface area contributed by atoms with Crippen molar-refractivity contribution in [1.82, 2.24) is 10.2 Å². The van der Waals surface area contributed by atoms with E-state index in [1.807, 2.05) is 0 Å². The van der Waals surface area contributed by atoms with E-state index in [1.165, 1.54) is 6.92 Å². The molecule has 1 unspecified atom stereocenters. The van der Waals surface area contributed by atoms with Crippen molar-refractivity contribution in [2.24, 2.45) is 0 Å². The molecule has 4 nitrogen and oxygen atoms in total. The number of nitrogens with one attached hydrogen (secondary N) is 1. The molecule has 0 bridgehead atoms. The lowest BCUT2D eigenvalue weighted by atomic mass is 10.2. The van der Waals surface area contributed by atoms with Crippen LogP contribution in [0.2, 0.25) is 0 Å². The fraction of sp³-hybridized carbons (Fsp3) is 0.750. The number of hydrogen-bond donors (Lipinski definition) is 1. The van der Waals surface area contributed by atoms with Crippen LogP contribution in [0.15, 0.2) is 0 Å². The van der Waals surface area contributed by atoms with Gasteiger partial charge in [0, 0.05) is 12.3 Å². The standard InChI is InChI=1S/C8H11F3N2O2S/c1-5-7(15)13(4-6(14)12-5)2-3-16-8(9,10)11/h5H,2-4H2,1H3,(H,12,14). The van der Waals surface area contributed by atoms with Crippen molar-refractivity contribution in [1.29, 1.82) is 0 Å². The van der Waals surface area contributed by atoms with Crippen molar-refractivity contribution in [2.75, 3.05) is 18.8 Å². The van der Waals surface area contributed by atoms with Crippen LogP contribution in [0.1, 0.15) is 6.92 Å². The van der Waals surface area contributed by atoms with Crippen LogP contribution in [-0.4, -0.2) is 47.1 Å². The van der Waals surface area contributed by atoms with E-state index in [0.717, 1.165) is 4.90 Å². The van der Waals surface area contributed by atoms with E-state index in [-0.39, 0.29) is 42.4 Å². The molecule has 1 aliphatic heterocycles. The summed E-state index contributed by atoms with van der Waals surface area (Å²) in [6.45, 7) is 1.27. The van der Waals surface area contributed by atoms with Crippen molar-refractivity contribution < 1.29 is 22.8 Å². The summed E-state index contributed by atoms with van der Waals surface area (Å²) in [4.78, 5) is 23.6. The van der Waals surface area contributed by atoms with Gasteiger partial charge >= 0.3 is 5.51 Å². The number of rotatable bonds is 3. The third kappa shape index (κ3) is 3.92. The lowest BCUT2D eigenvalue weighted by Gasteiger charge is -2.30. The maximum absolute atomic E-state index is 11.8. The quantitative estimate of drug-likeness (QED) is 0.804. The number of halogens is 3. The predicted molar refractivity (Wildman–Crippen MR) is 52.7 cm³/mol. The molecule has 1 fully saturated rings. The van der Waals surface area contributed by atoms with E-state index in [4.69, 9.17) is 0 Å². The summed E-state index contributed by atoms with van der Waals surface area (Å²) in [7, 11) is 0. The summed E-state index contributed by atoms with van der Waals surface area (Å²) < 4.78 is 35.5. The molecule has 1 heterocycles. The van der Waals surface area contributed by atoms with Crippen molar-refractivity contribution in [3.8, 4) is 0 Å². The van der Waals surface area contributed by atoms with Gasteiger partial charge in [0.25, 0.3) is 0 Å². The van der Waals surface area contributed by atoms with Crippen LogP contribution in [0.3, 0.4) is 0 Å². The van der Waals surface area contributed by atoms with Gasteiger partial charge in [-0.15, -0.1) is 0 Å². The first-order valence-electron chi connectivity index (χ1n) is 4.58. The highest BCUT2D eigenvalue weighted by Crippen LogP contribution is 2.29. The molecule has 1 rings (SSSR count). The monoisotopic (exact) mass is 256 g/mol. The van der Waals surface area contributed by atoms with Gasteiger partial charge in [-0.3, -0.25) is 9.59 Å². The van der Waals surface area contributed by atoms with Gasteiger partial charge in [-0.2, -0.15) is 13.2 Å². The second kappa shape index (κ2) is 4.94. The van der Waals surface area contributed by atoms with E-state index in [0.29, 0.717) is 0 Å². The fourth-order valence-corrected chi connectivity index (χ4v) is 1.88. The van der Waals surface area contributed by atoms with Gasteiger partial charge < -0.3 is 10.2 Å². The number of carbonyl (C=O) groups excluding carboxylic acids is 2. The SMILES string of the molecule is CC1NC(=O)CN(CCSC(F)(F)F)C1=O. The van der Waals surface area contributed by atoms with Crippen LogP contribution >= 0.6 is 11.8 Å². The Balaban J connectivity index is 2.41. The van der Waals surface area contributed by atoms with Crippen LogP contribution in [0.5, 0.6) is 0 Å². The second-order valence-corrected chi connectivity index (χ2v) is 4.50. The number of carbonyl (C=O) groups is 2. The highest BCUT2D eigenvalue weighted by atomic mass is 32.2. The molecule has 0 aromatic rings. The smallest absolute Gasteiger partial charge is 0.343 e. The molecule has 2 amide bonds. The summed E-state index contributed by atoms with van der Waals surface area (Å²) >= 11 is -0.194. The number of piperazine rings is 1. The van der Waals surface area contributed by atoms with E-state index < -0.39 is 11.6 Å². The highest BCUT2D eigenvalue weighted by Gasteiger charge is 2.31. The Morgan fingerprint density at radius 2 is 2.12 bits per heavy atom. The Morgan fingerprint density at radius 1 is 1.50 bits per heavy atom. The van der Waals surface area contributed by atoms with Crippen molar-refractivity contribution in [2.45, 2.75) is 18.5 Å². The number of alkyl halides is 3. The van der Waals surface area contributed by atoms with Gasteiger partial charge in [-0.1, -0.05) is 0 Å². The Labute approximate surface area is 94.5 Å². The first-order chi connectivity index (χ1) is 7.29. The average molecular weight is 256 g/mol. The molecule has 0 saturated carbocycles. The number of nitrogens with zero attached hydrogens (tertiary/aromatic N) is 1. The Hall–Kier alpha value is -0.920. The third-order valence-corrected chi connectivity index (χ3v) is 2.74. The average Bonchev–Trinajstić information content (AvgIpc) is 2.11. The summed E-state index contributed by atoms with van der Waals surface area (Å²) in [6, 6.07) is -0.655. The van der Waals surface area contributed by atoms with Crippen molar-refractivity contribution in [3.63, 3.8) is 0 Å². The Morgan fingerprint density at radius 3 is 2.69 bits per heavy atom. The van der Waals surface area contributed by atoms with E-state index >= 15 is 0 Å². The van der Waals surface area contributed by atoms with Gasteiger partial charge in [-0.05, 0) is 18.7 Å². The van der Waals surface area contributed by atoms with Crippen molar-refractivity contribution in [3.05, 3.63) is 0 Å². The van der Waals surface area contributed by atoms with Crippen LogP contribution in [0, 0.1) is 0 Å². The van der Waals surface area contributed by atoms with Gasteiger partial charge in [0.05, 0.1) is 6.54 Å². The number of amides is 2. The fourth-order valence-electron chi connectivity index (χ4n) is 1.33. The number of thioether (sulfide) groups is 1. The maximum Gasteiger partial charge on any atom is 0.441 e. The highest BCUT2D eigenvalue weighted by molar-refractivity contribution is 8.00. The minimum absolute atomic E-state index is 0.0687. The molecule has 0 aliphatic carbocycles. The van der Waals surface area contributed by atoms with Gasteiger partial charge in [-0.25, -0.2) is 0 Å². The predicted octanol–water partition coefficient (Wildman–Crippen LogP) is 0.586. The largest absolute Gasteiger partial charge is 0.441 e. The molecule has 0 aromatic heterocycles. The minimum atomic E-state index is -4.30. The molecular formula is C8H11F3N2O2S. The van der Waals surface area contributed by atoms with Crippen LogP contribution in [-0.2, 0) is 9.59 Å². The topological polar surface area (TPSA) is 49.4 Å². The molecule has 1 aliphatic rings. The summed E-state index contributed by atoms with van der Waals surface area (Å²) in [5.74, 6) is -0.943. The Bertz CT molecular complexity index is 295. The molecule has 1 saturated heterocycles. The molecule has 8 heteroatoms. The maximum atomic E-state index is 11.8. The zero-order chi connectivity index (χ0) is 12.3. The molecule has 0 aromatic carbocycles. The Kier molecular flexibility index (Phi) is 4.06. The van der Waals surface area contributed by atoms with E-state index in [2.05, 4.69) is 5.32 Å². The summed E-state index contributed by atoms with van der Waals surface area (Å²) in [5, 5.41) is 2.41. The minimum Gasteiger partial charge on any atom is -0.343 e. The second-order valence-electron chi connectivity index (χ2n) is 3.34. The zero-order valence-corrected chi connectivity index (χ0v) is 9.32. The first kappa shape index (κ1) is 13.1. The molecular weight excluding hydrogens is 245 g/mol. The normalized spacial score (nSPS) is 22.2. The summed E-state index contributed by atoms with van der Waals surface area (Å²) in [6.07, 6.45) is 0. The first-order valence-corrected chi connectivity index (χ1v) is 5.57. The molecule has 92 valence electrons. The van der Waals surface area contributed by atoms with Crippen LogP contribution in [0.25, 0.3) is 0 Å². The van der Waals surface area contributed by atoms with Crippen LogP contribution < -0.4 is 5.32 Å². The van der Waals surface area contributed by atoms with E-state index in [9.17, 15) is 22.8 Å². The zero-order valence-electron chi connectivity index (χ0n) is 8.50.